The molecule has 0 aliphatic heterocycles. The maximum atomic E-state index is 11.6. The first-order valence-corrected chi connectivity index (χ1v) is 6.12. The first kappa shape index (κ1) is 12.0. The van der Waals surface area contributed by atoms with Crippen LogP contribution in [0.2, 0.25) is 0 Å². The van der Waals surface area contributed by atoms with Gasteiger partial charge in [-0.1, -0.05) is 12.1 Å². The smallest absolute Gasteiger partial charge is 0.265 e. The Kier molecular flexibility index (Phi) is 3.15. The van der Waals surface area contributed by atoms with Gasteiger partial charge in [-0.25, -0.2) is 4.98 Å². The number of benzene rings is 1. The molecule has 0 unspecified atom stereocenters. The number of nitrogens with zero attached hydrogens (tertiary/aromatic N) is 1. The molecule has 1 N–H and O–H groups in total. The van der Waals surface area contributed by atoms with E-state index in [0.717, 1.165) is 5.56 Å². The molecule has 0 aliphatic rings. The van der Waals surface area contributed by atoms with Crippen LogP contribution in [0.15, 0.2) is 27.5 Å². The average molecular weight is 293 g/mol. The highest BCUT2D eigenvalue weighted by Gasteiger charge is 2.07. The number of nitrogens with one attached hydrogen (secondary N) is 1. The maximum absolute atomic E-state index is 11.6. The van der Waals surface area contributed by atoms with Gasteiger partial charge in [0, 0.05) is 5.56 Å². The molecule has 3 nitrogen and oxygen atoms in total. The van der Waals surface area contributed by atoms with Crippen molar-refractivity contribution in [3.8, 4) is 11.4 Å². The Labute approximate surface area is 108 Å². The first-order valence-electron chi connectivity index (χ1n) is 5.33. The second-order valence-electron chi connectivity index (χ2n) is 4.11. The number of hydrogen-bond acceptors (Lipinski definition) is 2. The summed E-state index contributed by atoms with van der Waals surface area (Å²) in [7, 11) is 0. The minimum absolute atomic E-state index is 0.147. The minimum Gasteiger partial charge on any atom is -0.306 e. The van der Waals surface area contributed by atoms with Gasteiger partial charge in [0.2, 0.25) is 0 Å². The number of aromatic amines is 1. The number of H-pyrrole nitrogens is 1. The molecule has 0 spiro atoms. The van der Waals surface area contributed by atoms with Crippen LogP contribution in [0.1, 0.15) is 16.8 Å². The average Bonchev–Trinajstić information content (AvgIpc) is 2.29. The molecule has 0 saturated heterocycles. The van der Waals surface area contributed by atoms with E-state index in [9.17, 15) is 4.79 Å². The molecule has 0 atom stereocenters. The van der Waals surface area contributed by atoms with E-state index in [1.54, 1.807) is 0 Å². The maximum Gasteiger partial charge on any atom is 0.265 e. The second-order valence-corrected chi connectivity index (χ2v) is 4.91. The van der Waals surface area contributed by atoms with Crippen molar-refractivity contribution in [1.82, 2.24) is 9.97 Å². The van der Waals surface area contributed by atoms with Crippen LogP contribution in [0.5, 0.6) is 0 Å². The van der Waals surface area contributed by atoms with Crippen molar-refractivity contribution in [2.45, 2.75) is 20.8 Å². The van der Waals surface area contributed by atoms with Crippen LogP contribution in [0.3, 0.4) is 0 Å². The summed E-state index contributed by atoms with van der Waals surface area (Å²) in [6, 6.07) is 6.02. The highest BCUT2D eigenvalue weighted by atomic mass is 79.9. The second kappa shape index (κ2) is 4.45. The van der Waals surface area contributed by atoms with Gasteiger partial charge < -0.3 is 4.98 Å². The summed E-state index contributed by atoms with van der Waals surface area (Å²) < 4.78 is 0.491. The Hall–Kier alpha value is -1.42. The summed E-state index contributed by atoms with van der Waals surface area (Å²) in [6.45, 7) is 5.91. The zero-order chi connectivity index (χ0) is 12.6. The summed E-state index contributed by atoms with van der Waals surface area (Å²) >= 11 is 3.21. The number of halogens is 1. The van der Waals surface area contributed by atoms with Gasteiger partial charge in [-0.3, -0.25) is 4.79 Å². The quantitative estimate of drug-likeness (QED) is 0.878. The lowest BCUT2D eigenvalue weighted by Gasteiger charge is -2.06. The zero-order valence-corrected chi connectivity index (χ0v) is 11.6. The monoisotopic (exact) mass is 292 g/mol. The summed E-state index contributed by atoms with van der Waals surface area (Å²) in [6.07, 6.45) is 0. The van der Waals surface area contributed by atoms with Crippen molar-refractivity contribution >= 4 is 15.9 Å². The molecular weight excluding hydrogens is 280 g/mol. The van der Waals surface area contributed by atoms with E-state index in [1.807, 2.05) is 32.0 Å². The Bertz CT molecular complexity index is 632. The largest absolute Gasteiger partial charge is 0.306 e. The molecule has 0 bridgehead atoms. The normalized spacial score (nSPS) is 10.6. The van der Waals surface area contributed by atoms with Crippen LogP contribution in [-0.2, 0) is 0 Å². The predicted molar refractivity (Wildman–Crippen MR) is 72.2 cm³/mol. The Morgan fingerprint density at radius 1 is 1.18 bits per heavy atom. The van der Waals surface area contributed by atoms with Crippen molar-refractivity contribution in [2.24, 2.45) is 0 Å². The fraction of sp³-hybridized carbons (Fsp3) is 0.231. The van der Waals surface area contributed by atoms with E-state index >= 15 is 0 Å². The van der Waals surface area contributed by atoms with Gasteiger partial charge in [0.25, 0.3) is 5.56 Å². The van der Waals surface area contributed by atoms with Crippen LogP contribution in [0.25, 0.3) is 11.4 Å². The SMILES string of the molecule is Cc1ccc(-c2nc(C)c(Br)c(=O)[nH]2)cc1C. The summed E-state index contributed by atoms with van der Waals surface area (Å²) in [5.74, 6) is 0.610. The molecule has 0 amide bonds. The zero-order valence-electron chi connectivity index (χ0n) is 9.97. The van der Waals surface area contributed by atoms with E-state index in [0.29, 0.717) is 16.0 Å². The topological polar surface area (TPSA) is 45.8 Å². The molecule has 1 heterocycles. The molecule has 0 aliphatic carbocycles. The molecular formula is C13H13BrN2O. The number of aryl methyl sites for hydroxylation is 3. The van der Waals surface area contributed by atoms with Gasteiger partial charge in [0.05, 0.1) is 5.69 Å². The lowest BCUT2D eigenvalue weighted by molar-refractivity contribution is 1.05. The molecule has 17 heavy (non-hydrogen) atoms. The molecule has 2 aromatic rings. The van der Waals surface area contributed by atoms with Crippen molar-refractivity contribution in [1.29, 1.82) is 0 Å². The summed E-state index contributed by atoms with van der Waals surface area (Å²) in [5, 5.41) is 0. The van der Waals surface area contributed by atoms with Crippen LogP contribution >= 0.6 is 15.9 Å². The van der Waals surface area contributed by atoms with Gasteiger partial charge in [-0.2, -0.15) is 0 Å². The standard InChI is InChI=1S/C13H13BrN2O/c1-7-4-5-10(6-8(7)2)12-15-9(3)11(14)13(17)16-12/h4-6H,1-3H3,(H,15,16,17). The highest BCUT2D eigenvalue weighted by molar-refractivity contribution is 9.10. The van der Waals surface area contributed by atoms with Crippen molar-refractivity contribution in [3.05, 3.63) is 49.8 Å². The Balaban J connectivity index is 2.61. The number of rotatable bonds is 1. The third-order valence-electron chi connectivity index (χ3n) is 2.81. The fourth-order valence-electron chi connectivity index (χ4n) is 1.60. The minimum atomic E-state index is -0.147. The van der Waals surface area contributed by atoms with E-state index in [-0.39, 0.29) is 5.56 Å². The third kappa shape index (κ3) is 2.31. The van der Waals surface area contributed by atoms with Crippen LogP contribution in [0, 0.1) is 20.8 Å². The third-order valence-corrected chi connectivity index (χ3v) is 3.74. The molecule has 1 aromatic heterocycles. The number of aromatic nitrogens is 2. The molecule has 0 saturated carbocycles. The van der Waals surface area contributed by atoms with Crippen molar-refractivity contribution < 1.29 is 0 Å². The Morgan fingerprint density at radius 3 is 2.47 bits per heavy atom. The lowest BCUT2D eigenvalue weighted by atomic mass is 10.1. The van der Waals surface area contributed by atoms with Gasteiger partial charge in [0.15, 0.2) is 0 Å². The van der Waals surface area contributed by atoms with Gasteiger partial charge >= 0.3 is 0 Å². The molecule has 88 valence electrons. The predicted octanol–water partition coefficient (Wildman–Crippen LogP) is 3.12. The molecule has 0 fully saturated rings. The van der Waals surface area contributed by atoms with Crippen molar-refractivity contribution in [2.75, 3.05) is 0 Å². The van der Waals surface area contributed by atoms with E-state index in [4.69, 9.17) is 0 Å². The van der Waals surface area contributed by atoms with Gasteiger partial charge in [0.1, 0.15) is 10.3 Å². The van der Waals surface area contributed by atoms with Crippen LogP contribution in [0.4, 0.5) is 0 Å². The van der Waals surface area contributed by atoms with Crippen molar-refractivity contribution in [3.63, 3.8) is 0 Å². The van der Waals surface area contributed by atoms with E-state index in [1.165, 1.54) is 11.1 Å². The first-order chi connectivity index (χ1) is 7.99. The van der Waals surface area contributed by atoms with Crippen LogP contribution < -0.4 is 5.56 Å². The summed E-state index contributed by atoms with van der Waals surface area (Å²) in [5.41, 5.74) is 3.89. The number of hydrogen-bond donors (Lipinski definition) is 1. The van der Waals surface area contributed by atoms with E-state index in [2.05, 4.69) is 32.8 Å². The van der Waals surface area contributed by atoms with Crippen LogP contribution in [-0.4, -0.2) is 9.97 Å². The van der Waals surface area contributed by atoms with Gasteiger partial charge in [-0.05, 0) is 53.9 Å². The molecule has 0 radical (unpaired) electrons. The fourth-order valence-corrected chi connectivity index (χ4v) is 1.78. The Morgan fingerprint density at radius 2 is 1.88 bits per heavy atom. The molecule has 4 heteroatoms. The van der Waals surface area contributed by atoms with Gasteiger partial charge in [-0.15, -0.1) is 0 Å². The highest BCUT2D eigenvalue weighted by Crippen LogP contribution is 2.19. The molecule has 1 aromatic carbocycles. The molecule has 2 rings (SSSR count). The lowest BCUT2D eigenvalue weighted by Crippen LogP contribution is -2.11. The summed E-state index contributed by atoms with van der Waals surface area (Å²) in [4.78, 5) is 18.8. The van der Waals surface area contributed by atoms with E-state index < -0.39 is 0 Å².